The van der Waals surface area contributed by atoms with Gasteiger partial charge in [0.15, 0.2) is 11.5 Å². The summed E-state index contributed by atoms with van der Waals surface area (Å²) in [5.41, 5.74) is 8.56. The average molecular weight is 247 g/mol. The van der Waals surface area contributed by atoms with Gasteiger partial charge in [0.1, 0.15) is 5.52 Å². The maximum atomic E-state index is 5.58. The van der Waals surface area contributed by atoms with Crippen LogP contribution in [0, 0.1) is 6.92 Å². The van der Waals surface area contributed by atoms with Gasteiger partial charge in [0.2, 0.25) is 0 Å². The lowest BCUT2D eigenvalue weighted by molar-refractivity contribution is 0.472. The molecule has 0 unspecified atom stereocenters. The predicted molar refractivity (Wildman–Crippen MR) is 73.7 cm³/mol. The maximum Gasteiger partial charge on any atom is 0.192 e. The number of rotatable bonds is 5. The van der Waals surface area contributed by atoms with Gasteiger partial charge in [-0.15, -0.1) is 0 Å². The summed E-state index contributed by atoms with van der Waals surface area (Å²) in [6, 6.07) is 6.22. The highest BCUT2D eigenvalue weighted by Crippen LogP contribution is 2.26. The molecule has 4 heteroatoms. The van der Waals surface area contributed by atoms with E-state index in [9.17, 15) is 0 Å². The summed E-state index contributed by atoms with van der Waals surface area (Å²) in [5.74, 6) is 0.709. The standard InChI is InChI=1S/C14H21N3O/c1-10-17-12-5-4-11(8-13(12)18-10)14(2,3)9-16-7-6-15/h4-5,8,16H,6-7,9,15H2,1-3H3. The third-order valence-electron chi connectivity index (χ3n) is 3.16. The number of nitrogens with two attached hydrogens (primary N) is 1. The lowest BCUT2D eigenvalue weighted by Gasteiger charge is -2.25. The molecule has 0 bridgehead atoms. The molecule has 0 atom stereocenters. The highest BCUT2D eigenvalue weighted by atomic mass is 16.3. The molecule has 4 nitrogen and oxygen atoms in total. The molecule has 18 heavy (non-hydrogen) atoms. The van der Waals surface area contributed by atoms with E-state index in [0.717, 1.165) is 24.2 Å². The summed E-state index contributed by atoms with van der Waals surface area (Å²) in [5, 5.41) is 3.36. The van der Waals surface area contributed by atoms with Gasteiger partial charge in [0.05, 0.1) is 0 Å². The van der Waals surface area contributed by atoms with Crippen LogP contribution in [-0.2, 0) is 5.41 Å². The Morgan fingerprint density at radius 3 is 2.89 bits per heavy atom. The zero-order valence-corrected chi connectivity index (χ0v) is 11.3. The van der Waals surface area contributed by atoms with Crippen molar-refractivity contribution in [2.75, 3.05) is 19.6 Å². The second kappa shape index (κ2) is 5.08. The van der Waals surface area contributed by atoms with E-state index < -0.39 is 0 Å². The molecule has 0 radical (unpaired) electrons. The molecule has 0 aliphatic rings. The summed E-state index contributed by atoms with van der Waals surface area (Å²) < 4.78 is 5.58. The molecule has 2 aromatic rings. The summed E-state index contributed by atoms with van der Waals surface area (Å²) in [6.45, 7) is 8.68. The van der Waals surface area contributed by atoms with Gasteiger partial charge in [-0.1, -0.05) is 19.9 Å². The molecule has 0 amide bonds. The lowest BCUT2D eigenvalue weighted by atomic mass is 9.84. The number of nitrogens with one attached hydrogen (secondary N) is 1. The Bertz CT molecular complexity index is 531. The number of aryl methyl sites for hydroxylation is 1. The Morgan fingerprint density at radius 1 is 1.39 bits per heavy atom. The van der Waals surface area contributed by atoms with E-state index in [2.05, 4.69) is 36.3 Å². The third kappa shape index (κ3) is 2.71. The minimum atomic E-state index is 0.0457. The van der Waals surface area contributed by atoms with Crippen molar-refractivity contribution in [3.05, 3.63) is 29.7 Å². The molecule has 0 aliphatic heterocycles. The van der Waals surface area contributed by atoms with Crippen LogP contribution in [0.3, 0.4) is 0 Å². The molecule has 0 saturated heterocycles. The number of oxazole rings is 1. The molecule has 0 spiro atoms. The molecule has 0 aliphatic carbocycles. The average Bonchev–Trinajstić information content (AvgIpc) is 2.68. The van der Waals surface area contributed by atoms with Crippen LogP contribution in [0.5, 0.6) is 0 Å². The maximum absolute atomic E-state index is 5.58. The van der Waals surface area contributed by atoms with E-state index in [1.165, 1.54) is 5.56 Å². The topological polar surface area (TPSA) is 64.1 Å². The molecule has 0 saturated carbocycles. The predicted octanol–water partition coefficient (Wildman–Crippen LogP) is 1.96. The van der Waals surface area contributed by atoms with Crippen molar-refractivity contribution in [2.24, 2.45) is 5.73 Å². The van der Waals surface area contributed by atoms with Crippen LogP contribution in [0.4, 0.5) is 0 Å². The number of hydrogen-bond acceptors (Lipinski definition) is 4. The molecule has 1 aromatic heterocycles. The quantitative estimate of drug-likeness (QED) is 0.793. The van der Waals surface area contributed by atoms with E-state index in [1.807, 2.05) is 13.0 Å². The highest BCUT2D eigenvalue weighted by molar-refractivity contribution is 5.73. The number of aromatic nitrogens is 1. The van der Waals surface area contributed by atoms with Gasteiger partial charge in [0.25, 0.3) is 0 Å². The Labute approximate surface area is 108 Å². The van der Waals surface area contributed by atoms with Crippen molar-refractivity contribution in [3.63, 3.8) is 0 Å². The number of benzene rings is 1. The van der Waals surface area contributed by atoms with Crippen LogP contribution in [0.1, 0.15) is 25.3 Å². The Hall–Kier alpha value is -1.39. The summed E-state index contributed by atoms with van der Waals surface area (Å²) in [7, 11) is 0. The lowest BCUT2D eigenvalue weighted by Crippen LogP contribution is -2.35. The van der Waals surface area contributed by atoms with Crippen molar-refractivity contribution >= 4 is 11.1 Å². The van der Waals surface area contributed by atoms with Crippen molar-refractivity contribution in [2.45, 2.75) is 26.2 Å². The largest absolute Gasteiger partial charge is 0.441 e. The molecule has 0 fully saturated rings. The molecule has 98 valence electrons. The zero-order valence-electron chi connectivity index (χ0n) is 11.3. The number of fused-ring (bicyclic) bond motifs is 1. The fourth-order valence-electron chi connectivity index (χ4n) is 2.07. The van der Waals surface area contributed by atoms with E-state index in [0.29, 0.717) is 12.4 Å². The molecule has 1 aromatic carbocycles. The molecular formula is C14H21N3O. The normalized spacial score (nSPS) is 12.2. The van der Waals surface area contributed by atoms with E-state index in [1.54, 1.807) is 0 Å². The summed E-state index contributed by atoms with van der Waals surface area (Å²) in [4.78, 5) is 4.31. The Kier molecular flexibility index (Phi) is 3.68. The summed E-state index contributed by atoms with van der Waals surface area (Å²) in [6.07, 6.45) is 0. The minimum Gasteiger partial charge on any atom is -0.441 e. The van der Waals surface area contributed by atoms with Crippen molar-refractivity contribution in [1.82, 2.24) is 10.3 Å². The van der Waals surface area contributed by atoms with E-state index in [-0.39, 0.29) is 5.41 Å². The highest BCUT2D eigenvalue weighted by Gasteiger charge is 2.21. The fraction of sp³-hybridized carbons (Fsp3) is 0.500. The first kappa shape index (κ1) is 13.1. The van der Waals surface area contributed by atoms with Crippen molar-refractivity contribution in [3.8, 4) is 0 Å². The smallest absolute Gasteiger partial charge is 0.192 e. The molecule has 1 heterocycles. The fourth-order valence-corrected chi connectivity index (χ4v) is 2.07. The van der Waals surface area contributed by atoms with Gasteiger partial charge < -0.3 is 15.5 Å². The van der Waals surface area contributed by atoms with Gasteiger partial charge in [-0.25, -0.2) is 4.98 Å². The zero-order chi connectivity index (χ0) is 13.2. The van der Waals surface area contributed by atoms with Gasteiger partial charge in [-0.3, -0.25) is 0 Å². The van der Waals surface area contributed by atoms with Gasteiger partial charge in [-0.2, -0.15) is 0 Å². The number of hydrogen-bond donors (Lipinski definition) is 2. The minimum absolute atomic E-state index is 0.0457. The molecule has 3 N–H and O–H groups in total. The van der Waals surface area contributed by atoms with Crippen molar-refractivity contribution in [1.29, 1.82) is 0 Å². The van der Waals surface area contributed by atoms with Crippen LogP contribution in [-0.4, -0.2) is 24.6 Å². The van der Waals surface area contributed by atoms with Crippen LogP contribution in [0.2, 0.25) is 0 Å². The SMILES string of the molecule is Cc1nc2ccc(C(C)(C)CNCCN)cc2o1. The Balaban J connectivity index is 2.23. The third-order valence-corrected chi connectivity index (χ3v) is 3.16. The first-order valence-corrected chi connectivity index (χ1v) is 6.31. The van der Waals surface area contributed by atoms with Crippen LogP contribution in [0.15, 0.2) is 22.6 Å². The van der Waals surface area contributed by atoms with Gasteiger partial charge in [-0.05, 0) is 17.7 Å². The second-order valence-electron chi connectivity index (χ2n) is 5.26. The molecular weight excluding hydrogens is 226 g/mol. The van der Waals surface area contributed by atoms with Gasteiger partial charge >= 0.3 is 0 Å². The van der Waals surface area contributed by atoms with Crippen molar-refractivity contribution < 1.29 is 4.42 Å². The van der Waals surface area contributed by atoms with Crippen LogP contribution < -0.4 is 11.1 Å². The first-order chi connectivity index (χ1) is 8.53. The van der Waals surface area contributed by atoms with Crippen LogP contribution in [0.25, 0.3) is 11.1 Å². The van der Waals surface area contributed by atoms with Crippen LogP contribution >= 0.6 is 0 Å². The Morgan fingerprint density at radius 2 is 2.17 bits per heavy atom. The number of nitrogens with zero attached hydrogens (tertiary/aromatic N) is 1. The summed E-state index contributed by atoms with van der Waals surface area (Å²) >= 11 is 0. The molecule has 2 rings (SSSR count). The monoisotopic (exact) mass is 247 g/mol. The van der Waals surface area contributed by atoms with Gasteiger partial charge in [0, 0.05) is 32.0 Å². The van der Waals surface area contributed by atoms with E-state index >= 15 is 0 Å². The van der Waals surface area contributed by atoms with E-state index in [4.69, 9.17) is 10.2 Å². The first-order valence-electron chi connectivity index (χ1n) is 6.31. The second-order valence-corrected chi connectivity index (χ2v) is 5.26.